The number of anilines is 1. The number of carbonyl (C=O) groups is 1. The number of carboxylic acid groups (broad SMARTS) is 1. The molecule has 0 saturated carbocycles. The second-order valence-electron chi connectivity index (χ2n) is 4.52. The zero-order valence-electron chi connectivity index (χ0n) is 11.8. The highest BCUT2D eigenvalue weighted by Gasteiger charge is 2.18. The van der Waals surface area contributed by atoms with E-state index in [9.17, 15) is 13.2 Å². The minimum atomic E-state index is -3.49. The summed E-state index contributed by atoms with van der Waals surface area (Å²) in [6, 6.07) is 5.45. The molecule has 0 heterocycles. The van der Waals surface area contributed by atoms with Crippen LogP contribution < -0.4 is 9.62 Å². The average Bonchev–Trinajstić information content (AvgIpc) is 2.43. The first-order valence-electron chi connectivity index (χ1n) is 6.35. The number of sulfonamides is 1. The van der Waals surface area contributed by atoms with Crippen LogP contribution in [0.15, 0.2) is 29.2 Å². The number of hydrogen-bond donors (Lipinski definition) is 2. The summed E-state index contributed by atoms with van der Waals surface area (Å²) in [5, 5.41) is 8.95. The number of rotatable bonds is 7. The predicted molar refractivity (Wildman–Crippen MR) is 77.4 cm³/mol. The Balaban J connectivity index is 2.91. The summed E-state index contributed by atoms with van der Waals surface area (Å²) in [4.78, 5) is 12.7. The van der Waals surface area contributed by atoms with E-state index in [4.69, 9.17) is 5.11 Å². The van der Waals surface area contributed by atoms with Crippen molar-refractivity contribution in [1.82, 2.24) is 4.72 Å². The van der Waals surface area contributed by atoms with Gasteiger partial charge < -0.3 is 10.0 Å². The van der Waals surface area contributed by atoms with Gasteiger partial charge in [-0.15, -0.1) is 0 Å². The Morgan fingerprint density at radius 3 is 2.35 bits per heavy atom. The average molecular weight is 300 g/mol. The molecule has 112 valence electrons. The summed E-state index contributed by atoms with van der Waals surface area (Å²) >= 11 is 0. The number of benzene rings is 1. The van der Waals surface area contributed by atoms with Gasteiger partial charge in [0.05, 0.1) is 4.90 Å². The predicted octanol–water partition coefficient (Wildman–Crippen LogP) is 1.28. The number of nitrogens with zero attached hydrogens (tertiary/aromatic N) is 1. The highest BCUT2D eigenvalue weighted by molar-refractivity contribution is 7.89. The maximum Gasteiger partial charge on any atom is 0.326 e. The van der Waals surface area contributed by atoms with Crippen molar-refractivity contribution in [3.63, 3.8) is 0 Å². The van der Waals surface area contributed by atoms with Gasteiger partial charge in [0.2, 0.25) is 10.0 Å². The number of aliphatic carboxylic acids is 1. The molecule has 1 atom stereocenters. The van der Waals surface area contributed by atoms with Gasteiger partial charge in [-0.3, -0.25) is 0 Å². The lowest BCUT2D eigenvalue weighted by Crippen LogP contribution is -2.35. The lowest BCUT2D eigenvalue weighted by Gasteiger charge is -2.23. The van der Waals surface area contributed by atoms with E-state index in [2.05, 4.69) is 4.72 Å². The van der Waals surface area contributed by atoms with Crippen molar-refractivity contribution < 1.29 is 18.3 Å². The number of carboxylic acids is 1. The van der Waals surface area contributed by atoms with Gasteiger partial charge in [0.25, 0.3) is 0 Å². The lowest BCUT2D eigenvalue weighted by molar-refractivity contribution is -0.138. The van der Waals surface area contributed by atoms with Crippen molar-refractivity contribution in [3.05, 3.63) is 24.3 Å². The van der Waals surface area contributed by atoms with E-state index in [-0.39, 0.29) is 4.90 Å². The Bertz CT molecular complexity index is 554. The molecule has 6 nitrogen and oxygen atoms in total. The highest BCUT2D eigenvalue weighted by Crippen LogP contribution is 2.18. The molecule has 0 aliphatic heterocycles. The van der Waals surface area contributed by atoms with Gasteiger partial charge in [0.15, 0.2) is 0 Å². The van der Waals surface area contributed by atoms with Crippen molar-refractivity contribution in [2.24, 2.45) is 0 Å². The molecule has 0 aliphatic rings. The molecule has 0 spiro atoms. The molecule has 1 rings (SSSR count). The fourth-order valence-corrected chi connectivity index (χ4v) is 2.70. The van der Waals surface area contributed by atoms with E-state index in [1.54, 1.807) is 31.0 Å². The monoisotopic (exact) mass is 300 g/mol. The molecule has 1 aromatic rings. The fraction of sp³-hybridized carbons (Fsp3) is 0.462. The van der Waals surface area contributed by atoms with E-state index in [1.165, 1.54) is 12.1 Å². The second kappa shape index (κ2) is 6.71. The van der Waals surface area contributed by atoms with Crippen molar-refractivity contribution >= 4 is 21.7 Å². The number of hydrogen-bond acceptors (Lipinski definition) is 4. The van der Waals surface area contributed by atoms with Crippen molar-refractivity contribution in [3.8, 4) is 0 Å². The Kier molecular flexibility index (Phi) is 5.52. The van der Waals surface area contributed by atoms with E-state index >= 15 is 0 Å². The second-order valence-corrected chi connectivity index (χ2v) is 6.28. The summed E-state index contributed by atoms with van der Waals surface area (Å²) < 4.78 is 26.3. The molecule has 0 fully saturated rings. The highest BCUT2D eigenvalue weighted by atomic mass is 32.2. The van der Waals surface area contributed by atoms with Crippen LogP contribution in [0.4, 0.5) is 5.69 Å². The van der Waals surface area contributed by atoms with Gasteiger partial charge in [0.1, 0.15) is 6.04 Å². The third-order valence-corrected chi connectivity index (χ3v) is 4.51. The number of nitrogens with one attached hydrogen (secondary N) is 1. The molecule has 0 amide bonds. The molecule has 0 bridgehead atoms. The Labute approximate surface area is 119 Å². The Morgan fingerprint density at radius 2 is 1.90 bits per heavy atom. The Morgan fingerprint density at radius 1 is 1.35 bits per heavy atom. The summed E-state index contributed by atoms with van der Waals surface area (Å²) in [6.45, 7) is 3.84. The van der Waals surface area contributed by atoms with Crippen LogP contribution in [0.25, 0.3) is 0 Å². The molecule has 0 radical (unpaired) electrons. The van der Waals surface area contributed by atoms with Crippen LogP contribution in [0.3, 0.4) is 0 Å². The normalized spacial score (nSPS) is 12.9. The van der Waals surface area contributed by atoms with E-state index in [0.29, 0.717) is 12.2 Å². The molecule has 20 heavy (non-hydrogen) atoms. The van der Waals surface area contributed by atoms with Crippen molar-refractivity contribution in [2.45, 2.75) is 31.2 Å². The zero-order chi connectivity index (χ0) is 15.3. The third-order valence-electron chi connectivity index (χ3n) is 3.03. The first kappa shape index (κ1) is 16.5. The zero-order valence-corrected chi connectivity index (χ0v) is 12.6. The molecule has 0 aliphatic carbocycles. The van der Waals surface area contributed by atoms with Crippen LogP contribution in [-0.2, 0) is 14.8 Å². The molecular formula is C13H20N2O4S. The van der Waals surface area contributed by atoms with Gasteiger partial charge in [-0.05, 0) is 37.6 Å². The minimum absolute atomic E-state index is 0.172. The van der Waals surface area contributed by atoms with Crippen LogP contribution in [0.1, 0.15) is 20.3 Å². The molecule has 0 aromatic heterocycles. The van der Waals surface area contributed by atoms with Crippen LogP contribution in [0, 0.1) is 0 Å². The van der Waals surface area contributed by atoms with E-state index < -0.39 is 22.0 Å². The smallest absolute Gasteiger partial charge is 0.326 e. The van der Waals surface area contributed by atoms with Gasteiger partial charge >= 0.3 is 5.97 Å². The summed E-state index contributed by atoms with van der Waals surface area (Å²) in [5.74, 6) is -0.936. The standard InChI is InChI=1S/C13H20N2O4S/c1-4-9-14-20(18,19)12-7-5-11(6-8-12)15(3)10(2)13(16)17/h5-8,10,14H,4,9H2,1-3H3,(H,16,17). The third kappa shape index (κ3) is 3.94. The molecular weight excluding hydrogens is 280 g/mol. The molecule has 0 saturated heterocycles. The quantitative estimate of drug-likeness (QED) is 0.792. The summed E-state index contributed by atoms with van der Waals surface area (Å²) in [5.41, 5.74) is 0.648. The maximum atomic E-state index is 11.9. The SMILES string of the molecule is CCCNS(=O)(=O)c1ccc(N(C)C(C)C(=O)O)cc1. The maximum absolute atomic E-state index is 11.9. The van der Waals surface area contributed by atoms with E-state index in [1.807, 2.05) is 6.92 Å². The molecule has 2 N–H and O–H groups in total. The lowest BCUT2D eigenvalue weighted by atomic mass is 10.2. The van der Waals surface area contributed by atoms with Gasteiger partial charge in [-0.2, -0.15) is 0 Å². The first-order valence-corrected chi connectivity index (χ1v) is 7.83. The minimum Gasteiger partial charge on any atom is -0.480 e. The molecule has 1 aromatic carbocycles. The van der Waals surface area contributed by atoms with Gasteiger partial charge in [-0.1, -0.05) is 6.92 Å². The van der Waals surface area contributed by atoms with Crippen LogP contribution in [-0.4, -0.2) is 39.1 Å². The summed E-state index contributed by atoms with van der Waals surface area (Å²) in [6.07, 6.45) is 0.718. The molecule has 7 heteroatoms. The van der Waals surface area contributed by atoms with Crippen molar-refractivity contribution in [1.29, 1.82) is 0 Å². The van der Waals surface area contributed by atoms with Crippen molar-refractivity contribution in [2.75, 3.05) is 18.5 Å². The largest absolute Gasteiger partial charge is 0.480 e. The van der Waals surface area contributed by atoms with E-state index in [0.717, 1.165) is 6.42 Å². The first-order chi connectivity index (χ1) is 9.29. The van der Waals surface area contributed by atoms with Crippen LogP contribution in [0.5, 0.6) is 0 Å². The fourth-order valence-electron chi connectivity index (χ4n) is 1.57. The molecule has 1 unspecified atom stereocenters. The van der Waals surface area contributed by atoms with Crippen LogP contribution in [0.2, 0.25) is 0 Å². The topological polar surface area (TPSA) is 86.7 Å². The Hall–Kier alpha value is -1.60. The van der Waals surface area contributed by atoms with Gasteiger partial charge in [0, 0.05) is 19.3 Å². The number of likely N-dealkylation sites (N-methyl/N-ethyl adjacent to an activating group) is 1. The van der Waals surface area contributed by atoms with Crippen LogP contribution >= 0.6 is 0 Å². The van der Waals surface area contributed by atoms with Gasteiger partial charge in [-0.25, -0.2) is 17.9 Å². The summed E-state index contributed by atoms with van der Waals surface area (Å²) in [7, 11) is -1.84.